The Kier molecular flexibility index (Phi) is 5.16. The normalized spacial score (nSPS) is 21.4. The molecule has 1 heterocycles. The van der Waals surface area contributed by atoms with E-state index in [1.54, 1.807) is 4.90 Å². The van der Waals surface area contributed by atoms with Gasteiger partial charge in [0.05, 0.1) is 0 Å². The summed E-state index contributed by atoms with van der Waals surface area (Å²) in [5.74, 6) is -0.0222. The fourth-order valence-corrected chi connectivity index (χ4v) is 3.43. The zero-order valence-corrected chi connectivity index (χ0v) is 13.4. The van der Waals surface area contributed by atoms with Crippen LogP contribution in [0.2, 0.25) is 0 Å². The first-order valence-corrected chi connectivity index (χ1v) is 8.52. The smallest absolute Gasteiger partial charge is 0.410 e. The number of amides is 2. The van der Waals surface area contributed by atoms with Crippen molar-refractivity contribution >= 4 is 12.0 Å². The number of nitrogens with one attached hydrogen (secondary N) is 1. The number of ether oxygens (including phenoxy) is 1. The molecule has 2 fully saturated rings. The molecule has 0 unspecified atom stereocenters. The van der Waals surface area contributed by atoms with Crippen LogP contribution in [0.1, 0.15) is 44.1 Å². The Hall–Kier alpha value is -2.04. The molecule has 1 saturated carbocycles. The lowest BCUT2D eigenvalue weighted by atomic mass is 10.2. The Bertz CT molecular complexity index is 540. The maximum Gasteiger partial charge on any atom is 0.410 e. The largest absolute Gasteiger partial charge is 0.445 e. The number of hydrogen-bond acceptors (Lipinski definition) is 3. The van der Waals surface area contributed by atoms with Crippen LogP contribution in [0, 0.1) is 0 Å². The number of carbonyl (C=O) groups is 2. The summed E-state index contributed by atoms with van der Waals surface area (Å²) < 4.78 is 5.37. The Morgan fingerprint density at radius 1 is 1.09 bits per heavy atom. The maximum absolute atomic E-state index is 12.4. The van der Waals surface area contributed by atoms with Gasteiger partial charge in [-0.2, -0.15) is 0 Å². The quantitative estimate of drug-likeness (QED) is 0.929. The summed E-state index contributed by atoms with van der Waals surface area (Å²) in [6.45, 7) is 0.837. The highest BCUT2D eigenvalue weighted by molar-refractivity contribution is 5.86. The first-order valence-electron chi connectivity index (χ1n) is 8.52. The molecule has 0 radical (unpaired) electrons. The second-order valence-corrected chi connectivity index (χ2v) is 6.38. The molecule has 0 bridgehead atoms. The number of carbonyl (C=O) groups excluding carboxylic acids is 2. The van der Waals surface area contributed by atoms with E-state index in [0.717, 1.165) is 31.2 Å². The summed E-state index contributed by atoms with van der Waals surface area (Å²) in [7, 11) is 0. The topological polar surface area (TPSA) is 58.6 Å². The van der Waals surface area contributed by atoms with Crippen molar-refractivity contribution in [3.05, 3.63) is 35.9 Å². The summed E-state index contributed by atoms with van der Waals surface area (Å²) in [5.41, 5.74) is 0.951. The second kappa shape index (κ2) is 7.49. The lowest BCUT2D eigenvalue weighted by Gasteiger charge is -2.24. The highest BCUT2D eigenvalue weighted by Gasteiger charge is 2.36. The van der Waals surface area contributed by atoms with E-state index in [4.69, 9.17) is 4.74 Å². The van der Waals surface area contributed by atoms with E-state index in [0.29, 0.717) is 6.54 Å². The molecule has 1 aliphatic heterocycles. The number of likely N-dealkylation sites (tertiary alicyclic amines) is 1. The number of rotatable bonds is 4. The number of nitrogens with zero attached hydrogens (tertiary/aromatic N) is 1. The fourth-order valence-electron chi connectivity index (χ4n) is 3.43. The molecule has 23 heavy (non-hydrogen) atoms. The predicted octanol–water partition coefficient (Wildman–Crippen LogP) is 2.85. The Morgan fingerprint density at radius 2 is 1.83 bits per heavy atom. The van der Waals surface area contributed by atoms with Crippen LogP contribution >= 0.6 is 0 Å². The van der Waals surface area contributed by atoms with Crippen LogP contribution in [0.4, 0.5) is 4.79 Å². The van der Waals surface area contributed by atoms with E-state index in [-0.39, 0.29) is 24.6 Å². The zero-order valence-electron chi connectivity index (χ0n) is 13.4. The Balaban J connectivity index is 1.52. The maximum atomic E-state index is 12.4. The highest BCUT2D eigenvalue weighted by Crippen LogP contribution is 2.22. The van der Waals surface area contributed by atoms with Crippen LogP contribution in [-0.2, 0) is 16.1 Å². The zero-order chi connectivity index (χ0) is 16.1. The first kappa shape index (κ1) is 15.8. The highest BCUT2D eigenvalue weighted by atomic mass is 16.6. The van der Waals surface area contributed by atoms with Gasteiger partial charge in [0.15, 0.2) is 0 Å². The third-order valence-corrected chi connectivity index (χ3v) is 4.70. The molecule has 5 nitrogen and oxygen atoms in total. The van der Waals surface area contributed by atoms with Gasteiger partial charge in [0.25, 0.3) is 0 Å². The van der Waals surface area contributed by atoms with Gasteiger partial charge in [0.2, 0.25) is 5.91 Å². The van der Waals surface area contributed by atoms with Gasteiger partial charge in [0, 0.05) is 12.6 Å². The molecule has 1 aromatic carbocycles. The first-order chi connectivity index (χ1) is 11.2. The third kappa shape index (κ3) is 4.03. The van der Waals surface area contributed by atoms with E-state index in [2.05, 4.69) is 5.32 Å². The molecule has 2 amide bonds. The van der Waals surface area contributed by atoms with Crippen molar-refractivity contribution < 1.29 is 14.3 Å². The molecule has 0 aromatic heterocycles. The molecule has 124 valence electrons. The molecular formula is C18H24N2O3. The molecule has 5 heteroatoms. The molecule has 1 saturated heterocycles. The summed E-state index contributed by atoms with van der Waals surface area (Å²) in [4.78, 5) is 26.3. The monoisotopic (exact) mass is 316 g/mol. The second-order valence-electron chi connectivity index (χ2n) is 6.38. The van der Waals surface area contributed by atoms with Gasteiger partial charge in [0.1, 0.15) is 12.6 Å². The minimum atomic E-state index is -0.391. The van der Waals surface area contributed by atoms with Crippen molar-refractivity contribution in [2.45, 2.75) is 57.2 Å². The van der Waals surface area contributed by atoms with Gasteiger partial charge >= 0.3 is 6.09 Å². The van der Waals surface area contributed by atoms with Crippen LogP contribution in [0.5, 0.6) is 0 Å². The Labute approximate surface area is 137 Å². The van der Waals surface area contributed by atoms with Gasteiger partial charge in [-0.15, -0.1) is 0 Å². The summed E-state index contributed by atoms with van der Waals surface area (Å²) in [5, 5.41) is 3.09. The van der Waals surface area contributed by atoms with Gasteiger partial charge in [-0.05, 0) is 31.2 Å². The van der Waals surface area contributed by atoms with Crippen LogP contribution in [-0.4, -0.2) is 35.5 Å². The molecule has 1 aliphatic carbocycles. The third-order valence-electron chi connectivity index (χ3n) is 4.70. The van der Waals surface area contributed by atoms with E-state index in [9.17, 15) is 9.59 Å². The Morgan fingerprint density at radius 3 is 2.57 bits per heavy atom. The minimum absolute atomic E-state index is 0.0222. The summed E-state index contributed by atoms with van der Waals surface area (Å²) >= 11 is 0. The molecule has 1 aromatic rings. The van der Waals surface area contributed by atoms with Gasteiger partial charge < -0.3 is 10.1 Å². The average molecular weight is 316 g/mol. The van der Waals surface area contributed by atoms with Crippen LogP contribution in [0.25, 0.3) is 0 Å². The van der Waals surface area contributed by atoms with Crippen LogP contribution in [0.15, 0.2) is 30.3 Å². The summed E-state index contributed by atoms with van der Waals surface area (Å²) in [6, 6.07) is 9.50. The van der Waals surface area contributed by atoms with Crippen molar-refractivity contribution in [3.8, 4) is 0 Å². The van der Waals surface area contributed by atoms with Crippen LogP contribution in [0.3, 0.4) is 0 Å². The summed E-state index contributed by atoms with van der Waals surface area (Å²) in [6.07, 6.45) is 5.64. The van der Waals surface area contributed by atoms with Crippen molar-refractivity contribution in [1.29, 1.82) is 0 Å². The van der Waals surface area contributed by atoms with Gasteiger partial charge in [-0.1, -0.05) is 43.2 Å². The SMILES string of the molecule is O=C(NC1CCCC1)[C@H]1CCCN1C(=O)OCc1ccccc1. The molecule has 1 atom stereocenters. The van der Waals surface area contributed by atoms with E-state index in [1.165, 1.54) is 12.8 Å². The number of benzene rings is 1. The molecule has 0 spiro atoms. The van der Waals surface area contributed by atoms with Crippen molar-refractivity contribution in [3.63, 3.8) is 0 Å². The standard InChI is InChI=1S/C18H24N2O3/c21-17(19-15-9-4-5-10-15)16-11-6-12-20(16)18(22)23-13-14-7-2-1-3-8-14/h1-3,7-8,15-16H,4-6,9-13H2,(H,19,21)/t16-/m1/s1. The minimum Gasteiger partial charge on any atom is -0.445 e. The molecule has 3 rings (SSSR count). The van der Waals surface area contributed by atoms with Gasteiger partial charge in [-0.3, -0.25) is 9.69 Å². The lowest BCUT2D eigenvalue weighted by Crippen LogP contribution is -2.48. The van der Waals surface area contributed by atoms with Crippen molar-refractivity contribution in [2.75, 3.05) is 6.54 Å². The van der Waals surface area contributed by atoms with E-state index < -0.39 is 6.09 Å². The van der Waals surface area contributed by atoms with E-state index >= 15 is 0 Å². The van der Waals surface area contributed by atoms with Crippen molar-refractivity contribution in [1.82, 2.24) is 10.2 Å². The van der Waals surface area contributed by atoms with Crippen molar-refractivity contribution in [2.24, 2.45) is 0 Å². The fraction of sp³-hybridized carbons (Fsp3) is 0.556. The molecule has 2 aliphatic rings. The molecule has 1 N–H and O–H groups in total. The van der Waals surface area contributed by atoms with Crippen LogP contribution < -0.4 is 5.32 Å². The molecular weight excluding hydrogens is 292 g/mol. The predicted molar refractivity (Wildman–Crippen MR) is 86.8 cm³/mol. The van der Waals surface area contributed by atoms with E-state index in [1.807, 2.05) is 30.3 Å². The average Bonchev–Trinajstić information content (AvgIpc) is 3.24. The lowest BCUT2D eigenvalue weighted by molar-refractivity contribution is -0.125. The van der Waals surface area contributed by atoms with Gasteiger partial charge in [-0.25, -0.2) is 4.79 Å². The number of hydrogen-bond donors (Lipinski definition) is 1.